The SMILES string of the molecule is O=C(O)CCC(=O)OCCCCCCOc1ccccc1-c1ccccc1. The zero-order chi connectivity index (χ0) is 19.3. The van der Waals surface area contributed by atoms with Gasteiger partial charge in [0.1, 0.15) is 5.75 Å². The van der Waals surface area contributed by atoms with E-state index in [1.807, 2.05) is 36.4 Å². The fraction of sp³-hybridized carbons (Fsp3) is 0.364. The predicted molar refractivity (Wildman–Crippen MR) is 104 cm³/mol. The first-order valence-corrected chi connectivity index (χ1v) is 9.31. The van der Waals surface area contributed by atoms with E-state index in [9.17, 15) is 9.59 Å². The maximum Gasteiger partial charge on any atom is 0.306 e. The number of carboxylic acids is 1. The Morgan fingerprint density at radius 2 is 1.44 bits per heavy atom. The Morgan fingerprint density at radius 1 is 0.778 bits per heavy atom. The predicted octanol–water partition coefficient (Wildman–Crippen LogP) is 4.70. The van der Waals surface area contributed by atoms with Crippen molar-refractivity contribution >= 4 is 11.9 Å². The Kier molecular flexibility index (Phi) is 8.90. The molecule has 0 unspecified atom stereocenters. The van der Waals surface area contributed by atoms with E-state index >= 15 is 0 Å². The second kappa shape index (κ2) is 11.7. The van der Waals surface area contributed by atoms with Gasteiger partial charge in [-0.25, -0.2) is 0 Å². The van der Waals surface area contributed by atoms with Crippen molar-refractivity contribution in [1.29, 1.82) is 0 Å². The van der Waals surface area contributed by atoms with Crippen LogP contribution in [0, 0.1) is 0 Å². The molecule has 0 radical (unpaired) electrons. The van der Waals surface area contributed by atoms with Gasteiger partial charge in [-0.2, -0.15) is 0 Å². The molecule has 2 rings (SSSR count). The molecule has 0 saturated heterocycles. The molecular formula is C22H26O5. The lowest BCUT2D eigenvalue weighted by atomic mass is 10.1. The maximum absolute atomic E-state index is 11.3. The number of ether oxygens (including phenoxy) is 2. The van der Waals surface area contributed by atoms with Gasteiger partial charge in [-0.15, -0.1) is 0 Å². The van der Waals surface area contributed by atoms with E-state index in [-0.39, 0.29) is 12.8 Å². The molecule has 0 aliphatic heterocycles. The Morgan fingerprint density at radius 3 is 2.19 bits per heavy atom. The lowest BCUT2D eigenvalue weighted by molar-refractivity contribution is -0.147. The van der Waals surface area contributed by atoms with Crippen LogP contribution in [0.3, 0.4) is 0 Å². The molecule has 5 heteroatoms. The monoisotopic (exact) mass is 370 g/mol. The van der Waals surface area contributed by atoms with E-state index in [1.54, 1.807) is 0 Å². The summed E-state index contributed by atoms with van der Waals surface area (Å²) < 4.78 is 10.9. The number of aliphatic carboxylic acids is 1. The molecule has 0 aliphatic carbocycles. The summed E-state index contributed by atoms with van der Waals surface area (Å²) in [6.07, 6.45) is 3.39. The standard InChI is InChI=1S/C22H26O5/c23-21(24)14-15-22(25)27-17-9-2-1-8-16-26-20-13-7-6-12-19(20)18-10-4-3-5-11-18/h3-7,10-13H,1-2,8-9,14-17H2,(H,23,24). The summed E-state index contributed by atoms with van der Waals surface area (Å²) in [6.45, 7) is 0.985. The highest BCUT2D eigenvalue weighted by Gasteiger charge is 2.06. The Balaban J connectivity index is 1.60. The van der Waals surface area contributed by atoms with Crippen LogP contribution in [0.4, 0.5) is 0 Å². The quantitative estimate of drug-likeness (QED) is 0.433. The average Bonchev–Trinajstić information content (AvgIpc) is 2.69. The zero-order valence-corrected chi connectivity index (χ0v) is 15.4. The number of carbonyl (C=O) groups excluding carboxylic acids is 1. The molecule has 0 saturated carbocycles. The second-order valence-electron chi connectivity index (χ2n) is 6.24. The highest BCUT2D eigenvalue weighted by Crippen LogP contribution is 2.29. The molecule has 1 N–H and O–H groups in total. The number of esters is 1. The fourth-order valence-corrected chi connectivity index (χ4v) is 2.66. The van der Waals surface area contributed by atoms with Gasteiger partial charge in [0.25, 0.3) is 0 Å². The number of hydrogen-bond acceptors (Lipinski definition) is 4. The molecule has 0 atom stereocenters. The fourth-order valence-electron chi connectivity index (χ4n) is 2.66. The molecule has 0 aliphatic rings. The Labute approximate surface area is 159 Å². The normalized spacial score (nSPS) is 10.4. The van der Waals surface area contributed by atoms with E-state index in [2.05, 4.69) is 18.2 Å². The van der Waals surface area contributed by atoms with Crippen molar-refractivity contribution in [2.24, 2.45) is 0 Å². The number of unbranched alkanes of at least 4 members (excludes halogenated alkanes) is 3. The molecule has 0 heterocycles. The van der Waals surface area contributed by atoms with Crippen LogP contribution < -0.4 is 4.74 Å². The van der Waals surface area contributed by atoms with Gasteiger partial charge in [0.2, 0.25) is 0 Å². The molecular weight excluding hydrogens is 344 g/mol. The minimum atomic E-state index is -0.985. The largest absolute Gasteiger partial charge is 0.493 e. The van der Waals surface area contributed by atoms with Gasteiger partial charge >= 0.3 is 11.9 Å². The van der Waals surface area contributed by atoms with Gasteiger partial charge in [0.05, 0.1) is 26.1 Å². The lowest BCUT2D eigenvalue weighted by Crippen LogP contribution is -2.08. The number of para-hydroxylation sites is 1. The van der Waals surface area contributed by atoms with Crippen molar-refractivity contribution in [3.05, 3.63) is 54.6 Å². The third-order valence-electron chi connectivity index (χ3n) is 4.07. The van der Waals surface area contributed by atoms with Crippen molar-refractivity contribution < 1.29 is 24.2 Å². The van der Waals surface area contributed by atoms with E-state index in [4.69, 9.17) is 14.6 Å². The van der Waals surface area contributed by atoms with Crippen LogP contribution in [0.15, 0.2) is 54.6 Å². The molecule has 5 nitrogen and oxygen atoms in total. The summed E-state index contributed by atoms with van der Waals surface area (Å²) >= 11 is 0. The van der Waals surface area contributed by atoms with Gasteiger partial charge in [-0.05, 0) is 37.3 Å². The van der Waals surface area contributed by atoms with Gasteiger partial charge in [0, 0.05) is 5.56 Å². The number of rotatable bonds is 12. The minimum absolute atomic E-state index is 0.0655. The molecule has 144 valence electrons. The first-order valence-electron chi connectivity index (χ1n) is 9.31. The molecule has 2 aromatic carbocycles. The van der Waals surface area contributed by atoms with Crippen molar-refractivity contribution in [3.8, 4) is 16.9 Å². The first kappa shape index (κ1) is 20.5. The topological polar surface area (TPSA) is 72.8 Å². The summed E-state index contributed by atoms with van der Waals surface area (Å²) in [5.41, 5.74) is 2.23. The highest BCUT2D eigenvalue weighted by atomic mass is 16.5. The average molecular weight is 370 g/mol. The van der Waals surface area contributed by atoms with Crippen LogP contribution in [0.5, 0.6) is 5.75 Å². The lowest BCUT2D eigenvalue weighted by Gasteiger charge is -2.11. The van der Waals surface area contributed by atoms with Crippen LogP contribution in [-0.2, 0) is 14.3 Å². The molecule has 27 heavy (non-hydrogen) atoms. The van der Waals surface area contributed by atoms with Gasteiger partial charge in [-0.3, -0.25) is 9.59 Å². The summed E-state index contributed by atoms with van der Waals surface area (Å²) in [5.74, 6) is -0.546. The minimum Gasteiger partial charge on any atom is -0.493 e. The van der Waals surface area contributed by atoms with E-state index in [0.29, 0.717) is 13.2 Å². The van der Waals surface area contributed by atoms with Crippen LogP contribution in [-0.4, -0.2) is 30.3 Å². The van der Waals surface area contributed by atoms with Gasteiger partial charge in [0.15, 0.2) is 0 Å². The molecule has 0 spiro atoms. The smallest absolute Gasteiger partial charge is 0.306 e. The number of carboxylic acid groups (broad SMARTS) is 1. The summed E-state index contributed by atoms with van der Waals surface area (Å²) in [7, 11) is 0. The van der Waals surface area contributed by atoms with Crippen molar-refractivity contribution in [2.45, 2.75) is 38.5 Å². The van der Waals surface area contributed by atoms with Gasteiger partial charge in [-0.1, -0.05) is 48.5 Å². The molecule has 2 aromatic rings. The van der Waals surface area contributed by atoms with E-state index in [1.165, 1.54) is 0 Å². The summed E-state index contributed by atoms with van der Waals surface area (Å²) in [5, 5.41) is 8.50. The van der Waals surface area contributed by atoms with E-state index in [0.717, 1.165) is 42.6 Å². The van der Waals surface area contributed by atoms with E-state index < -0.39 is 11.9 Å². The number of carbonyl (C=O) groups is 2. The van der Waals surface area contributed by atoms with Crippen LogP contribution >= 0.6 is 0 Å². The Hall–Kier alpha value is -2.82. The highest BCUT2D eigenvalue weighted by molar-refractivity contribution is 5.76. The molecule has 0 aromatic heterocycles. The first-order chi connectivity index (χ1) is 13.2. The number of benzene rings is 2. The van der Waals surface area contributed by atoms with Crippen LogP contribution in [0.25, 0.3) is 11.1 Å². The zero-order valence-electron chi connectivity index (χ0n) is 15.4. The van der Waals surface area contributed by atoms with Crippen LogP contribution in [0.1, 0.15) is 38.5 Å². The second-order valence-corrected chi connectivity index (χ2v) is 6.24. The van der Waals surface area contributed by atoms with Crippen LogP contribution in [0.2, 0.25) is 0 Å². The Bertz CT molecular complexity index is 712. The molecule has 0 fully saturated rings. The van der Waals surface area contributed by atoms with Crippen molar-refractivity contribution in [3.63, 3.8) is 0 Å². The van der Waals surface area contributed by atoms with Crippen molar-refractivity contribution in [1.82, 2.24) is 0 Å². The maximum atomic E-state index is 11.3. The number of hydrogen-bond donors (Lipinski definition) is 1. The molecule has 0 amide bonds. The van der Waals surface area contributed by atoms with Gasteiger partial charge < -0.3 is 14.6 Å². The van der Waals surface area contributed by atoms with Crippen molar-refractivity contribution in [2.75, 3.05) is 13.2 Å². The summed E-state index contributed by atoms with van der Waals surface area (Å²) in [6, 6.07) is 18.2. The summed E-state index contributed by atoms with van der Waals surface area (Å²) in [4.78, 5) is 21.6. The third-order valence-corrected chi connectivity index (χ3v) is 4.07. The third kappa shape index (κ3) is 7.94. The molecule has 0 bridgehead atoms.